The molecule has 0 fully saturated rings. The molecule has 0 bridgehead atoms. The van der Waals surface area contributed by atoms with Gasteiger partial charge in [0.25, 0.3) is 0 Å². The number of hydrogen-bond donors (Lipinski definition) is 2. The van der Waals surface area contributed by atoms with Gasteiger partial charge in [-0.3, -0.25) is 0 Å². The van der Waals surface area contributed by atoms with E-state index < -0.39 is 8.07 Å². The van der Waals surface area contributed by atoms with E-state index in [2.05, 4.69) is 40.8 Å². The van der Waals surface area contributed by atoms with Gasteiger partial charge < -0.3 is 10.2 Å². The molecule has 0 saturated heterocycles. The quantitative estimate of drug-likeness (QED) is 0.731. The van der Waals surface area contributed by atoms with E-state index in [9.17, 15) is 10.2 Å². The zero-order valence-electron chi connectivity index (χ0n) is 12.0. The molecule has 98 valence electrons. The Hall–Kier alpha value is 0.137. The van der Waals surface area contributed by atoms with Crippen molar-refractivity contribution in [2.45, 2.75) is 77.4 Å². The van der Waals surface area contributed by atoms with Crippen LogP contribution in [0, 0.1) is 5.92 Å². The minimum atomic E-state index is -1.73. The van der Waals surface area contributed by atoms with E-state index in [1.54, 1.807) is 0 Å². The van der Waals surface area contributed by atoms with Gasteiger partial charge in [-0.05, 0) is 17.4 Å². The molecule has 0 aliphatic rings. The molecule has 0 aromatic rings. The summed E-state index contributed by atoms with van der Waals surface area (Å²) >= 11 is 0. The Balaban J connectivity index is 4.52. The molecule has 2 nitrogen and oxygen atoms in total. The van der Waals surface area contributed by atoms with Gasteiger partial charge in [-0.1, -0.05) is 54.1 Å². The van der Waals surface area contributed by atoms with Crippen LogP contribution in [0.4, 0.5) is 0 Å². The minimum absolute atomic E-state index is 0.168. The Labute approximate surface area is 102 Å². The summed E-state index contributed by atoms with van der Waals surface area (Å²) in [6.45, 7) is 15.1. The van der Waals surface area contributed by atoms with Gasteiger partial charge >= 0.3 is 0 Å². The molecule has 3 atom stereocenters. The zero-order chi connectivity index (χ0) is 13.1. The molecule has 0 radical (unpaired) electrons. The first kappa shape index (κ1) is 16.1. The van der Waals surface area contributed by atoms with Crippen LogP contribution in [0.2, 0.25) is 18.1 Å². The molecule has 3 heteroatoms. The average Bonchev–Trinajstić information content (AvgIpc) is 2.14. The first-order valence-corrected chi connectivity index (χ1v) is 9.47. The maximum Gasteiger partial charge on any atom is 0.0866 e. The number of hydrogen-bond acceptors (Lipinski definition) is 2. The summed E-state index contributed by atoms with van der Waals surface area (Å²) in [6, 6.07) is 0. The van der Waals surface area contributed by atoms with Crippen molar-refractivity contribution in [2.75, 3.05) is 0 Å². The van der Waals surface area contributed by atoms with Crippen molar-refractivity contribution in [1.29, 1.82) is 0 Å². The van der Waals surface area contributed by atoms with Crippen molar-refractivity contribution in [1.82, 2.24) is 0 Å². The molecule has 0 heterocycles. The maximum absolute atomic E-state index is 10.3. The number of rotatable bonds is 5. The van der Waals surface area contributed by atoms with Crippen LogP contribution in [0.25, 0.3) is 0 Å². The molecule has 0 aliphatic carbocycles. The van der Waals surface area contributed by atoms with Crippen LogP contribution in [0.1, 0.15) is 47.5 Å². The molecule has 2 N–H and O–H groups in total. The molecule has 0 aliphatic heterocycles. The molecule has 3 unspecified atom stereocenters. The van der Waals surface area contributed by atoms with Crippen LogP contribution in [0.5, 0.6) is 0 Å². The second kappa shape index (κ2) is 5.65. The summed E-state index contributed by atoms with van der Waals surface area (Å²) in [5, 5.41) is 20.5. The monoisotopic (exact) mass is 246 g/mol. The topological polar surface area (TPSA) is 40.5 Å². The summed E-state index contributed by atoms with van der Waals surface area (Å²) < 4.78 is 0. The van der Waals surface area contributed by atoms with Gasteiger partial charge in [0, 0.05) is 5.73 Å². The van der Waals surface area contributed by atoms with Crippen LogP contribution < -0.4 is 0 Å². The highest BCUT2D eigenvalue weighted by molar-refractivity contribution is 6.81. The molecule has 0 aromatic heterocycles. The third-order valence-corrected chi connectivity index (χ3v) is 10.3. The summed E-state index contributed by atoms with van der Waals surface area (Å²) in [5.74, 6) is 0.277. The highest BCUT2D eigenvalue weighted by Gasteiger charge is 2.42. The van der Waals surface area contributed by atoms with E-state index in [-0.39, 0.29) is 22.8 Å². The lowest BCUT2D eigenvalue weighted by Gasteiger charge is -2.41. The minimum Gasteiger partial charge on any atom is -0.396 e. The Morgan fingerprint density at radius 1 is 1.12 bits per heavy atom. The fraction of sp³-hybridized carbons (Fsp3) is 1.00. The molecule has 0 amide bonds. The Bertz CT molecular complexity index is 208. The van der Waals surface area contributed by atoms with Crippen molar-refractivity contribution >= 4 is 8.07 Å². The average molecular weight is 246 g/mol. The van der Waals surface area contributed by atoms with Gasteiger partial charge in [-0.25, -0.2) is 0 Å². The molecule has 16 heavy (non-hydrogen) atoms. The van der Waals surface area contributed by atoms with Crippen LogP contribution in [-0.4, -0.2) is 30.1 Å². The fourth-order valence-electron chi connectivity index (χ4n) is 1.53. The third kappa shape index (κ3) is 3.86. The highest BCUT2D eigenvalue weighted by Crippen LogP contribution is 2.39. The van der Waals surface area contributed by atoms with Crippen LogP contribution >= 0.6 is 0 Å². The Morgan fingerprint density at radius 3 is 1.88 bits per heavy atom. The largest absolute Gasteiger partial charge is 0.396 e. The predicted molar refractivity (Wildman–Crippen MR) is 73.3 cm³/mol. The van der Waals surface area contributed by atoms with E-state index >= 15 is 0 Å². The standard InChI is InChI=1S/C13H30O2Si/c1-8-10(2)11(14)9-12(15)16(6,7)13(3,4)5/h10-12,14-15H,8-9H2,1-7H3. The van der Waals surface area contributed by atoms with E-state index in [0.717, 1.165) is 6.42 Å². The van der Waals surface area contributed by atoms with Gasteiger partial charge in [0.1, 0.15) is 0 Å². The summed E-state index contributed by atoms with van der Waals surface area (Å²) in [5.41, 5.74) is -0.323. The van der Waals surface area contributed by atoms with Crippen molar-refractivity contribution in [3.05, 3.63) is 0 Å². The lowest BCUT2D eigenvalue weighted by molar-refractivity contribution is 0.0692. The molecule has 0 rings (SSSR count). The SMILES string of the molecule is CCC(C)C(O)CC(O)[Si](C)(C)C(C)(C)C. The Morgan fingerprint density at radius 2 is 1.56 bits per heavy atom. The van der Waals surface area contributed by atoms with Crippen molar-refractivity contribution in [2.24, 2.45) is 5.92 Å². The molecule has 0 saturated carbocycles. The normalized spacial score (nSPS) is 19.3. The number of aliphatic hydroxyl groups excluding tert-OH is 2. The summed E-state index contributed by atoms with van der Waals surface area (Å²) in [4.78, 5) is 0. The molecule has 0 aromatic carbocycles. The fourth-order valence-corrected chi connectivity index (χ4v) is 3.36. The van der Waals surface area contributed by atoms with Gasteiger partial charge in [0.2, 0.25) is 0 Å². The maximum atomic E-state index is 10.3. The van der Waals surface area contributed by atoms with Crippen molar-refractivity contribution < 1.29 is 10.2 Å². The second-order valence-electron chi connectivity index (χ2n) is 6.68. The lowest BCUT2D eigenvalue weighted by atomic mass is 10.00. The van der Waals surface area contributed by atoms with E-state index in [4.69, 9.17) is 0 Å². The van der Waals surface area contributed by atoms with Crippen LogP contribution in [0.15, 0.2) is 0 Å². The molecular formula is C13H30O2Si. The van der Waals surface area contributed by atoms with E-state index in [1.165, 1.54) is 0 Å². The zero-order valence-corrected chi connectivity index (χ0v) is 13.0. The predicted octanol–water partition coefficient (Wildman–Crippen LogP) is 3.19. The van der Waals surface area contributed by atoms with Crippen LogP contribution in [0.3, 0.4) is 0 Å². The first-order valence-electron chi connectivity index (χ1n) is 6.40. The van der Waals surface area contributed by atoms with Crippen molar-refractivity contribution in [3.63, 3.8) is 0 Å². The van der Waals surface area contributed by atoms with E-state index in [1.807, 2.05) is 6.92 Å². The second-order valence-corrected chi connectivity index (χ2v) is 12.3. The first-order chi connectivity index (χ1) is 7.04. The lowest BCUT2D eigenvalue weighted by Crippen LogP contribution is -2.51. The Kier molecular flexibility index (Phi) is 5.70. The highest BCUT2D eigenvalue weighted by atomic mass is 28.3. The summed E-state index contributed by atoms with van der Waals surface area (Å²) in [6.07, 6.45) is 1.13. The molecular weight excluding hydrogens is 216 g/mol. The van der Waals surface area contributed by atoms with Gasteiger partial charge in [0.15, 0.2) is 0 Å². The molecule has 0 spiro atoms. The van der Waals surface area contributed by atoms with Gasteiger partial charge in [-0.15, -0.1) is 0 Å². The summed E-state index contributed by atoms with van der Waals surface area (Å²) in [7, 11) is -1.73. The smallest absolute Gasteiger partial charge is 0.0866 e. The number of aliphatic hydroxyl groups is 2. The van der Waals surface area contributed by atoms with Crippen molar-refractivity contribution in [3.8, 4) is 0 Å². The third-order valence-electron chi connectivity index (χ3n) is 4.53. The van der Waals surface area contributed by atoms with Gasteiger partial charge in [-0.2, -0.15) is 0 Å². The van der Waals surface area contributed by atoms with Crippen LogP contribution in [-0.2, 0) is 0 Å². The van der Waals surface area contributed by atoms with E-state index in [0.29, 0.717) is 6.42 Å². The van der Waals surface area contributed by atoms with Gasteiger partial charge in [0.05, 0.1) is 14.2 Å².